The van der Waals surface area contributed by atoms with Gasteiger partial charge in [-0.3, -0.25) is 4.90 Å². The van der Waals surface area contributed by atoms with E-state index in [-0.39, 0.29) is 0 Å². The molecule has 0 aliphatic carbocycles. The third kappa shape index (κ3) is 2.52. The van der Waals surface area contributed by atoms with Crippen LogP contribution >= 0.6 is 11.5 Å². The van der Waals surface area contributed by atoms with Crippen molar-refractivity contribution in [3.8, 4) is 0 Å². The first-order chi connectivity index (χ1) is 7.70. The van der Waals surface area contributed by atoms with Gasteiger partial charge >= 0.3 is 0 Å². The Labute approximate surface area is 101 Å². The minimum Gasteiger partial charge on any atom is -0.374 e. The zero-order valence-electron chi connectivity index (χ0n) is 10.2. The van der Waals surface area contributed by atoms with Crippen molar-refractivity contribution in [2.75, 3.05) is 18.4 Å². The Morgan fingerprint density at radius 1 is 1.50 bits per heavy atom. The van der Waals surface area contributed by atoms with E-state index in [0.29, 0.717) is 6.04 Å². The number of hydrogen-bond donors (Lipinski definition) is 1. The number of nitrogens with one attached hydrogen (secondary N) is 1. The molecule has 1 aromatic rings. The summed E-state index contributed by atoms with van der Waals surface area (Å²) < 4.78 is 4.03. The normalized spacial score (nSPS) is 26.2. The smallest absolute Gasteiger partial charge is 0.134 e. The highest BCUT2D eigenvalue weighted by Crippen LogP contribution is 2.26. The minimum absolute atomic E-state index is 0.672. The van der Waals surface area contributed by atoms with Gasteiger partial charge in [0.1, 0.15) is 10.7 Å². The first-order valence-electron chi connectivity index (χ1n) is 5.99. The molecular formula is C11H20N4S. The third-order valence-corrected chi connectivity index (χ3v) is 3.88. The van der Waals surface area contributed by atoms with Crippen LogP contribution in [0.2, 0.25) is 0 Å². The average Bonchev–Trinajstić information content (AvgIpc) is 2.77. The van der Waals surface area contributed by atoms with Crippen molar-refractivity contribution in [2.24, 2.45) is 5.92 Å². The lowest BCUT2D eigenvalue weighted by Gasteiger charge is -2.19. The van der Waals surface area contributed by atoms with Crippen molar-refractivity contribution in [3.63, 3.8) is 0 Å². The van der Waals surface area contributed by atoms with Crippen molar-refractivity contribution in [2.45, 2.75) is 39.8 Å². The molecular weight excluding hydrogens is 220 g/mol. The van der Waals surface area contributed by atoms with Crippen LogP contribution in [0.3, 0.4) is 0 Å². The summed E-state index contributed by atoms with van der Waals surface area (Å²) >= 11 is 1.46. The quantitative estimate of drug-likeness (QED) is 0.876. The van der Waals surface area contributed by atoms with Gasteiger partial charge in [0.2, 0.25) is 0 Å². The summed E-state index contributed by atoms with van der Waals surface area (Å²) in [6, 6.07) is 0.672. The monoisotopic (exact) mass is 240 g/mol. The standard InChI is InChI=1S/C11H20N4S/c1-4-12-11-10(13-14-16-11)7-15-6-8(2)5-9(15)3/h8-9,12H,4-7H2,1-3H3. The zero-order chi connectivity index (χ0) is 11.5. The van der Waals surface area contributed by atoms with Crippen LogP contribution in [0.15, 0.2) is 0 Å². The summed E-state index contributed by atoms with van der Waals surface area (Å²) in [6.45, 7) is 9.78. The molecule has 1 fully saturated rings. The Kier molecular flexibility index (Phi) is 3.76. The van der Waals surface area contributed by atoms with E-state index in [0.717, 1.165) is 29.7 Å². The molecule has 1 aliphatic heterocycles. The van der Waals surface area contributed by atoms with Gasteiger partial charge in [0.25, 0.3) is 0 Å². The molecule has 2 rings (SSSR count). The largest absolute Gasteiger partial charge is 0.374 e. The number of anilines is 1. The Balaban J connectivity index is 2.00. The molecule has 0 aromatic carbocycles. The predicted octanol–water partition coefficient (Wildman–Crippen LogP) is 2.20. The highest BCUT2D eigenvalue weighted by molar-refractivity contribution is 7.10. The molecule has 16 heavy (non-hydrogen) atoms. The van der Waals surface area contributed by atoms with Gasteiger partial charge in [-0.15, -0.1) is 5.10 Å². The topological polar surface area (TPSA) is 41.1 Å². The minimum atomic E-state index is 0.672. The van der Waals surface area contributed by atoms with E-state index >= 15 is 0 Å². The first-order valence-corrected chi connectivity index (χ1v) is 6.77. The Morgan fingerprint density at radius 2 is 2.31 bits per heavy atom. The van der Waals surface area contributed by atoms with Gasteiger partial charge in [-0.05, 0) is 26.2 Å². The molecule has 1 aromatic heterocycles. The maximum absolute atomic E-state index is 4.22. The van der Waals surface area contributed by atoms with Crippen LogP contribution in [-0.2, 0) is 6.54 Å². The number of likely N-dealkylation sites (tertiary alicyclic amines) is 1. The van der Waals surface area contributed by atoms with Gasteiger partial charge < -0.3 is 5.32 Å². The van der Waals surface area contributed by atoms with Crippen LogP contribution in [0.4, 0.5) is 5.00 Å². The van der Waals surface area contributed by atoms with Gasteiger partial charge in [0.05, 0.1) is 0 Å². The zero-order valence-corrected chi connectivity index (χ0v) is 11.0. The lowest BCUT2D eigenvalue weighted by molar-refractivity contribution is 0.254. The molecule has 0 spiro atoms. The summed E-state index contributed by atoms with van der Waals surface area (Å²) in [5, 5.41) is 8.68. The second kappa shape index (κ2) is 5.10. The molecule has 1 aliphatic rings. The molecule has 4 nitrogen and oxygen atoms in total. The van der Waals surface area contributed by atoms with Crippen molar-refractivity contribution in [1.82, 2.24) is 14.5 Å². The molecule has 5 heteroatoms. The van der Waals surface area contributed by atoms with Gasteiger partial charge in [-0.2, -0.15) is 0 Å². The highest BCUT2D eigenvalue weighted by atomic mass is 32.1. The Bertz CT molecular complexity index is 338. The van der Waals surface area contributed by atoms with Crippen LogP contribution < -0.4 is 5.32 Å². The molecule has 0 saturated carbocycles. The second-order valence-corrected chi connectivity index (χ2v) is 5.45. The summed E-state index contributed by atoms with van der Waals surface area (Å²) in [7, 11) is 0. The molecule has 2 heterocycles. The van der Waals surface area contributed by atoms with E-state index in [9.17, 15) is 0 Å². The Hall–Kier alpha value is -0.680. The fraction of sp³-hybridized carbons (Fsp3) is 0.818. The third-order valence-electron chi connectivity index (χ3n) is 3.16. The van der Waals surface area contributed by atoms with Crippen LogP contribution in [-0.4, -0.2) is 33.6 Å². The average molecular weight is 240 g/mol. The molecule has 0 amide bonds. The molecule has 0 radical (unpaired) electrons. The van der Waals surface area contributed by atoms with Crippen LogP contribution in [0, 0.1) is 5.92 Å². The fourth-order valence-electron chi connectivity index (χ4n) is 2.41. The van der Waals surface area contributed by atoms with E-state index in [4.69, 9.17) is 0 Å². The number of aromatic nitrogens is 2. The highest BCUT2D eigenvalue weighted by Gasteiger charge is 2.27. The van der Waals surface area contributed by atoms with Crippen molar-refractivity contribution < 1.29 is 0 Å². The van der Waals surface area contributed by atoms with Crippen molar-refractivity contribution in [3.05, 3.63) is 5.69 Å². The molecule has 2 atom stereocenters. The lowest BCUT2D eigenvalue weighted by Crippen LogP contribution is -2.27. The van der Waals surface area contributed by atoms with E-state index in [2.05, 4.69) is 40.6 Å². The van der Waals surface area contributed by atoms with E-state index in [1.54, 1.807) is 0 Å². The Morgan fingerprint density at radius 3 is 2.94 bits per heavy atom. The SMILES string of the molecule is CCNc1snnc1CN1CC(C)CC1C. The molecule has 0 bridgehead atoms. The van der Waals surface area contributed by atoms with E-state index < -0.39 is 0 Å². The summed E-state index contributed by atoms with van der Waals surface area (Å²) in [5.74, 6) is 0.809. The van der Waals surface area contributed by atoms with Gasteiger partial charge in [-0.1, -0.05) is 11.4 Å². The summed E-state index contributed by atoms with van der Waals surface area (Å²) in [5.41, 5.74) is 1.10. The molecule has 90 valence electrons. The van der Waals surface area contributed by atoms with E-state index in [1.807, 2.05) is 0 Å². The number of rotatable bonds is 4. The number of nitrogens with zero attached hydrogens (tertiary/aromatic N) is 3. The maximum Gasteiger partial charge on any atom is 0.134 e. The predicted molar refractivity (Wildman–Crippen MR) is 67.7 cm³/mol. The maximum atomic E-state index is 4.22. The van der Waals surface area contributed by atoms with Gasteiger partial charge in [0, 0.05) is 37.2 Å². The van der Waals surface area contributed by atoms with Crippen molar-refractivity contribution >= 4 is 16.5 Å². The van der Waals surface area contributed by atoms with Crippen LogP contribution in [0.25, 0.3) is 0 Å². The van der Waals surface area contributed by atoms with Gasteiger partial charge in [-0.25, -0.2) is 0 Å². The fourth-order valence-corrected chi connectivity index (χ4v) is 3.05. The molecule has 1 N–H and O–H groups in total. The van der Waals surface area contributed by atoms with Gasteiger partial charge in [0.15, 0.2) is 0 Å². The molecule has 2 unspecified atom stereocenters. The summed E-state index contributed by atoms with van der Waals surface area (Å²) in [6.07, 6.45) is 1.30. The lowest BCUT2D eigenvalue weighted by atomic mass is 10.1. The van der Waals surface area contributed by atoms with Crippen LogP contribution in [0.5, 0.6) is 0 Å². The number of hydrogen-bond acceptors (Lipinski definition) is 5. The summed E-state index contributed by atoms with van der Waals surface area (Å²) in [4.78, 5) is 2.50. The van der Waals surface area contributed by atoms with E-state index in [1.165, 1.54) is 24.5 Å². The van der Waals surface area contributed by atoms with Crippen molar-refractivity contribution in [1.29, 1.82) is 0 Å². The van der Waals surface area contributed by atoms with Crippen LogP contribution in [0.1, 0.15) is 32.9 Å². The first kappa shape index (κ1) is 11.8. The molecule has 1 saturated heterocycles. The second-order valence-electron chi connectivity index (χ2n) is 4.70.